The summed E-state index contributed by atoms with van der Waals surface area (Å²) in [5.74, 6) is -0.651. The molecule has 3 aromatic rings. The first-order valence-electron chi connectivity index (χ1n) is 7.72. The SMILES string of the molecule is COC(=O)Cc1nnc(-c2cc3nc(C4CC4)cc(C(F)(F)F)n3n2)o1. The van der Waals surface area contributed by atoms with Crippen LogP contribution in [0.15, 0.2) is 16.5 Å². The molecule has 0 spiro atoms. The molecule has 1 aliphatic rings. The van der Waals surface area contributed by atoms with E-state index < -0.39 is 17.8 Å². The van der Waals surface area contributed by atoms with Gasteiger partial charge in [-0.1, -0.05) is 0 Å². The summed E-state index contributed by atoms with van der Waals surface area (Å²) in [4.78, 5) is 15.5. The first-order valence-corrected chi connectivity index (χ1v) is 7.72. The zero-order valence-electron chi connectivity index (χ0n) is 13.4. The van der Waals surface area contributed by atoms with Crippen LogP contribution in [0.25, 0.3) is 17.2 Å². The quantitative estimate of drug-likeness (QED) is 0.653. The lowest BCUT2D eigenvalue weighted by atomic mass is 10.2. The smallest absolute Gasteiger partial charge is 0.433 e. The lowest BCUT2D eigenvalue weighted by Crippen LogP contribution is -2.14. The van der Waals surface area contributed by atoms with Crippen LogP contribution in [-0.2, 0) is 22.1 Å². The topological polar surface area (TPSA) is 95.4 Å². The predicted octanol–water partition coefficient (Wildman–Crippen LogP) is 2.39. The molecule has 3 heterocycles. The van der Waals surface area contributed by atoms with Gasteiger partial charge in [-0.05, 0) is 18.9 Å². The number of alkyl halides is 3. The Morgan fingerprint density at radius 1 is 1.35 bits per heavy atom. The highest BCUT2D eigenvalue weighted by molar-refractivity contribution is 5.71. The lowest BCUT2D eigenvalue weighted by molar-refractivity contribution is -0.143. The zero-order chi connectivity index (χ0) is 18.5. The van der Waals surface area contributed by atoms with E-state index in [0.29, 0.717) is 10.2 Å². The number of esters is 1. The van der Waals surface area contributed by atoms with Crippen molar-refractivity contribution in [1.82, 2.24) is 24.8 Å². The fourth-order valence-corrected chi connectivity index (χ4v) is 2.51. The summed E-state index contributed by atoms with van der Waals surface area (Å²) in [6.45, 7) is 0. The van der Waals surface area contributed by atoms with E-state index in [1.165, 1.54) is 13.2 Å². The molecule has 26 heavy (non-hydrogen) atoms. The second-order valence-electron chi connectivity index (χ2n) is 5.89. The minimum Gasteiger partial charge on any atom is -0.469 e. The van der Waals surface area contributed by atoms with Gasteiger partial charge in [0.05, 0.1) is 7.11 Å². The van der Waals surface area contributed by atoms with Gasteiger partial charge in [0.15, 0.2) is 11.3 Å². The van der Waals surface area contributed by atoms with Crippen LogP contribution in [0.4, 0.5) is 13.2 Å². The van der Waals surface area contributed by atoms with Crippen LogP contribution in [0.5, 0.6) is 0 Å². The molecule has 0 aliphatic heterocycles. The number of methoxy groups -OCH3 is 1. The van der Waals surface area contributed by atoms with E-state index in [9.17, 15) is 18.0 Å². The average molecular weight is 367 g/mol. The maximum absolute atomic E-state index is 13.4. The monoisotopic (exact) mass is 367 g/mol. The van der Waals surface area contributed by atoms with E-state index in [1.807, 2.05) is 0 Å². The fourth-order valence-electron chi connectivity index (χ4n) is 2.51. The molecule has 1 saturated carbocycles. The van der Waals surface area contributed by atoms with Crippen molar-refractivity contribution in [2.24, 2.45) is 0 Å². The summed E-state index contributed by atoms with van der Waals surface area (Å²) in [7, 11) is 1.21. The maximum Gasteiger partial charge on any atom is 0.433 e. The van der Waals surface area contributed by atoms with Gasteiger partial charge in [0.1, 0.15) is 12.1 Å². The number of carbonyl (C=O) groups excluding carboxylic acids is 1. The summed E-state index contributed by atoms with van der Waals surface area (Å²) in [6.07, 6.45) is -3.18. The van der Waals surface area contributed by atoms with E-state index in [-0.39, 0.29) is 35.5 Å². The van der Waals surface area contributed by atoms with Gasteiger partial charge >= 0.3 is 12.1 Å². The van der Waals surface area contributed by atoms with Crippen LogP contribution in [0.1, 0.15) is 36.0 Å². The molecule has 0 amide bonds. The molecule has 1 aliphatic carbocycles. The molecule has 0 atom stereocenters. The van der Waals surface area contributed by atoms with E-state index in [4.69, 9.17) is 4.42 Å². The number of halogens is 3. The second-order valence-corrected chi connectivity index (χ2v) is 5.89. The van der Waals surface area contributed by atoms with Gasteiger partial charge < -0.3 is 9.15 Å². The zero-order valence-corrected chi connectivity index (χ0v) is 13.4. The summed E-state index contributed by atoms with van der Waals surface area (Å²) < 4.78 is 50.6. The Morgan fingerprint density at radius 2 is 2.12 bits per heavy atom. The number of nitrogens with zero attached hydrogens (tertiary/aromatic N) is 5. The Morgan fingerprint density at radius 3 is 2.77 bits per heavy atom. The Balaban J connectivity index is 1.76. The van der Waals surface area contributed by atoms with Crippen molar-refractivity contribution in [1.29, 1.82) is 0 Å². The highest BCUT2D eigenvalue weighted by Crippen LogP contribution is 2.41. The normalized spacial score (nSPS) is 14.8. The van der Waals surface area contributed by atoms with Gasteiger partial charge in [-0.25, -0.2) is 9.50 Å². The van der Waals surface area contributed by atoms with E-state index >= 15 is 0 Å². The van der Waals surface area contributed by atoms with Crippen LogP contribution in [0.3, 0.4) is 0 Å². The highest BCUT2D eigenvalue weighted by Gasteiger charge is 2.37. The summed E-state index contributed by atoms with van der Waals surface area (Å²) >= 11 is 0. The van der Waals surface area contributed by atoms with Crippen LogP contribution in [0, 0.1) is 0 Å². The largest absolute Gasteiger partial charge is 0.469 e. The number of ether oxygens (including phenoxy) is 1. The number of carbonyl (C=O) groups is 1. The van der Waals surface area contributed by atoms with Crippen molar-refractivity contribution >= 4 is 11.6 Å². The lowest BCUT2D eigenvalue weighted by Gasteiger charge is -2.10. The number of hydrogen-bond donors (Lipinski definition) is 0. The first-order chi connectivity index (χ1) is 12.3. The molecule has 0 radical (unpaired) electrons. The molecule has 136 valence electrons. The average Bonchev–Trinajstić information content (AvgIpc) is 3.18. The molecule has 0 bridgehead atoms. The molecule has 0 saturated heterocycles. The minimum absolute atomic E-state index is 0.0217. The predicted molar refractivity (Wildman–Crippen MR) is 79.0 cm³/mol. The van der Waals surface area contributed by atoms with Crippen LogP contribution >= 0.6 is 0 Å². The Bertz CT molecular complexity index is 990. The highest BCUT2D eigenvalue weighted by atomic mass is 19.4. The van der Waals surface area contributed by atoms with Gasteiger partial charge in [-0.2, -0.15) is 18.3 Å². The van der Waals surface area contributed by atoms with Gasteiger partial charge in [-0.15, -0.1) is 10.2 Å². The van der Waals surface area contributed by atoms with E-state index in [0.717, 1.165) is 18.9 Å². The molecule has 11 heteroatoms. The third kappa shape index (κ3) is 3.00. The van der Waals surface area contributed by atoms with Crippen molar-refractivity contribution < 1.29 is 27.1 Å². The van der Waals surface area contributed by atoms with Crippen LogP contribution < -0.4 is 0 Å². The Labute approximate surface area is 144 Å². The standard InChI is InChI=1S/C15H12F3N5O3/c1-25-13(24)6-12-20-21-14(26-12)9-5-11-19-8(7-2-3-7)4-10(15(16,17)18)23(11)22-9/h4-5,7H,2-3,6H2,1H3. The molecule has 0 unspecified atom stereocenters. The third-order valence-electron chi connectivity index (χ3n) is 3.94. The molecule has 0 aromatic carbocycles. The van der Waals surface area contributed by atoms with Gasteiger partial charge in [0.25, 0.3) is 5.89 Å². The number of aromatic nitrogens is 5. The molecule has 8 nitrogen and oxygen atoms in total. The third-order valence-corrected chi connectivity index (χ3v) is 3.94. The first kappa shape index (κ1) is 16.5. The molecule has 3 aromatic heterocycles. The van der Waals surface area contributed by atoms with Crippen LogP contribution in [0.2, 0.25) is 0 Å². The number of rotatable bonds is 4. The molecular formula is C15H12F3N5O3. The summed E-state index contributed by atoms with van der Waals surface area (Å²) in [5.41, 5.74) is -0.429. The summed E-state index contributed by atoms with van der Waals surface area (Å²) in [5, 5.41) is 11.3. The number of fused-ring (bicyclic) bond motifs is 1. The number of hydrogen-bond acceptors (Lipinski definition) is 7. The van der Waals surface area contributed by atoms with E-state index in [1.54, 1.807) is 0 Å². The van der Waals surface area contributed by atoms with E-state index in [2.05, 4.69) is 25.0 Å². The van der Waals surface area contributed by atoms with Gasteiger partial charge in [0.2, 0.25) is 5.89 Å². The maximum atomic E-state index is 13.4. The Kier molecular flexibility index (Phi) is 3.67. The second kappa shape index (κ2) is 5.78. The Hall–Kier alpha value is -2.98. The molecule has 0 N–H and O–H groups in total. The van der Waals surface area contributed by atoms with Crippen molar-refractivity contribution in [2.45, 2.75) is 31.4 Å². The van der Waals surface area contributed by atoms with Gasteiger partial charge in [-0.3, -0.25) is 4.79 Å². The summed E-state index contributed by atoms with van der Waals surface area (Å²) in [6, 6.07) is 2.37. The fraction of sp³-hybridized carbons (Fsp3) is 0.400. The molecule has 1 fully saturated rings. The van der Waals surface area contributed by atoms with Crippen LogP contribution in [-0.4, -0.2) is 37.9 Å². The minimum atomic E-state index is -4.58. The van der Waals surface area contributed by atoms with Crippen molar-refractivity contribution in [3.8, 4) is 11.6 Å². The molecule has 4 rings (SSSR count). The van der Waals surface area contributed by atoms with Crippen molar-refractivity contribution in [3.05, 3.63) is 29.4 Å². The van der Waals surface area contributed by atoms with Crippen molar-refractivity contribution in [3.63, 3.8) is 0 Å². The van der Waals surface area contributed by atoms with Gasteiger partial charge in [0, 0.05) is 17.7 Å². The van der Waals surface area contributed by atoms with Crippen molar-refractivity contribution in [2.75, 3.05) is 7.11 Å². The molecular weight excluding hydrogens is 355 g/mol.